The highest BCUT2D eigenvalue weighted by Gasteiger charge is 2.20. The van der Waals surface area contributed by atoms with Crippen LogP contribution in [-0.4, -0.2) is 47.3 Å². The third-order valence-corrected chi connectivity index (χ3v) is 5.05. The van der Waals surface area contributed by atoms with E-state index in [1.165, 1.54) is 7.11 Å². The molecule has 0 fully saturated rings. The van der Waals surface area contributed by atoms with Crippen LogP contribution in [0.4, 0.5) is 0 Å². The number of aromatic amines is 1. The first-order chi connectivity index (χ1) is 15.7. The molecule has 1 amide bonds. The smallest absolute Gasteiger partial charge is 0.321 e. The van der Waals surface area contributed by atoms with Gasteiger partial charge in [-0.2, -0.15) is 0 Å². The number of para-hydroxylation sites is 1. The minimum atomic E-state index is -0.919. The second-order valence-electron chi connectivity index (χ2n) is 8.91. The number of methoxy groups -OCH3 is 1. The number of aliphatic carboxylic acids is 1. The normalized spacial score (nSPS) is 12.4. The number of benzene rings is 2. The second-order valence-corrected chi connectivity index (χ2v) is 8.91. The van der Waals surface area contributed by atoms with Gasteiger partial charge in [0.1, 0.15) is 6.04 Å². The van der Waals surface area contributed by atoms with E-state index in [2.05, 4.69) is 15.6 Å². The number of carboxylic acids is 1. The van der Waals surface area contributed by atoms with E-state index in [0.29, 0.717) is 24.5 Å². The van der Waals surface area contributed by atoms with E-state index in [4.69, 9.17) is 9.47 Å². The van der Waals surface area contributed by atoms with E-state index in [-0.39, 0.29) is 18.1 Å². The molecule has 0 saturated heterocycles. The van der Waals surface area contributed by atoms with Gasteiger partial charge >= 0.3 is 5.97 Å². The molecular weight excluding hydrogens is 422 g/mol. The molecule has 1 atom stereocenters. The van der Waals surface area contributed by atoms with Gasteiger partial charge in [0.05, 0.1) is 7.11 Å². The fourth-order valence-corrected chi connectivity index (χ4v) is 3.55. The summed E-state index contributed by atoms with van der Waals surface area (Å²) in [5.41, 5.74) is 2.42. The van der Waals surface area contributed by atoms with E-state index >= 15 is 0 Å². The highest BCUT2D eigenvalue weighted by molar-refractivity contribution is 5.84. The number of hydrogen-bond acceptors (Lipinski definition) is 5. The lowest BCUT2D eigenvalue weighted by molar-refractivity contribution is -0.139. The average molecular weight is 454 g/mol. The Hall–Kier alpha value is -3.52. The van der Waals surface area contributed by atoms with E-state index in [1.807, 2.05) is 57.3 Å². The predicted molar refractivity (Wildman–Crippen MR) is 127 cm³/mol. The van der Waals surface area contributed by atoms with Crippen LogP contribution in [0.3, 0.4) is 0 Å². The highest BCUT2D eigenvalue weighted by Crippen LogP contribution is 2.28. The lowest BCUT2D eigenvalue weighted by atomic mass is 10.0. The van der Waals surface area contributed by atoms with Crippen molar-refractivity contribution in [3.63, 3.8) is 0 Å². The molecule has 0 aliphatic heterocycles. The summed E-state index contributed by atoms with van der Waals surface area (Å²) in [5, 5.41) is 16.7. The SMILES string of the molecule is COc1cc(CNC(Cc2c[nH]c3ccccc23)C(=O)O)ccc1OCC(=O)NC(C)(C)C. The van der Waals surface area contributed by atoms with Crippen LogP contribution in [0.5, 0.6) is 11.5 Å². The molecule has 2 aromatic carbocycles. The summed E-state index contributed by atoms with van der Waals surface area (Å²) in [4.78, 5) is 27.0. The summed E-state index contributed by atoms with van der Waals surface area (Å²) in [6.07, 6.45) is 2.20. The van der Waals surface area contributed by atoms with Gasteiger partial charge in [-0.15, -0.1) is 0 Å². The standard InChI is InChI=1S/C25H31N3O5/c1-25(2,3)28-23(29)15-33-21-10-9-16(11-22(21)32-4)13-26-20(24(30)31)12-17-14-27-19-8-6-5-7-18(17)19/h5-11,14,20,26-27H,12-13,15H2,1-4H3,(H,28,29)(H,30,31). The van der Waals surface area contributed by atoms with Crippen molar-refractivity contribution in [1.82, 2.24) is 15.6 Å². The van der Waals surface area contributed by atoms with Crippen LogP contribution < -0.4 is 20.1 Å². The Bertz CT molecular complexity index is 1120. The Morgan fingerprint density at radius 1 is 1.12 bits per heavy atom. The van der Waals surface area contributed by atoms with Crippen molar-refractivity contribution >= 4 is 22.8 Å². The maximum Gasteiger partial charge on any atom is 0.321 e. The number of aromatic nitrogens is 1. The van der Waals surface area contributed by atoms with Gasteiger partial charge in [-0.25, -0.2) is 0 Å². The molecule has 1 unspecified atom stereocenters. The van der Waals surface area contributed by atoms with Gasteiger partial charge in [-0.1, -0.05) is 24.3 Å². The van der Waals surface area contributed by atoms with Gasteiger partial charge < -0.3 is 30.2 Å². The van der Waals surface area contributed by atoms with Gasteiger partial charge in [0, 0.05) is 35.6 Å². The van der Waals surface area contributed by atoms with E-state index in [9.17, 15) is 14.7 Å². The van der Waals surface area contributed by atoms with Gasteiger partial charge in [0.25, 0.3) is 5.91 Å². The van der Waals surface area contributed by atoms with Crippen molar-refractivity contribution in [2.45, 2.75) is 45.3 Å². The predicted octanol–water partition coefficient (Wildman–Crippen LogP) is 3.26. The summed E-state index contributed by atoms with van der Waals surface area (Å²) < 4.78 is 11.0. The molecule has 0 saturated carbocycles. The molecular formula is C25H31N3O5. The fraction of sp³-hybridized carbons (Fsp3) is 0.360. The number of carbonyl (C=O) groups excluding carboxylic acids is 1. The molecule has 3 rings (SSSR count). The Kier molecular flexibility index (Phi) is 7.60. The number of fused-ring (bicyclic) bond motifs is 1. The molecule has 1 heterocycles. The van der Waals surface area contributed by atoms with Crippen LogP contribution in [0.2, 0.25) is 0 Å². The maximum atomic E-state index is 12.0. The zero-order valence-corrected chi connectivity index (χ0v) is 19.4. The molecule has 8 nitrogen and oxygen atoms in total. The number of ether oxygens (including phenoxy) is 2. The zero-order valence-electron chi connectivity index (χ0n) is 19.4. The van der Waals surface area contributed by atoms with Gasteiger partial charge in [-0.05, 0) is 50.1 Å². The minimum absolute atomic E-state index is 0.128. The first-order valence-electron chi connectivity index (χ1n) is 10.8. The lowest BCUT2D eigenvalue weighted by Gasteiger charge is -2.21. The van der Waals surface area contributed by atoms with Crippen molar-refractivity contribution in [1.29, 1.82) is 0 Å². The number of H-pyrrole nitrogens is 1. The molecule has 8 heteroatoms. The Labute approximate surface area is 193 Å². The number of nitrogens with one attached hydrogen (secondary N) is 3. The molecule has 0 radical (unpaired) electrons. The average Bonchev–Trinajstić information content (AvgIpc) is 3.17. The Morgan fingerprint density at radius 3 is 2.58 bits per heavy atom. The molecule has 0 aliphatic carbocycles. The molecule has 0 bridgehead atoms. The van der Waals surface area contributed by atoms with Crippen LogP contribution in [0.1, 0.15) is 31.9 Å². The van der Waals surface area contributed by atoms with Crippen molar-refractivity contribution in [3.05, 3.63) is 59.8 Å². The molecule has 0 spiro atoms. The second kappa shape index (κ2) is 10.4. The topological polar surface area (TPSA) is 113 Å². The fourth-order valence-electron chi connectivity index (χ4n) is 3.55. The quantitative estimate of drug-likeness (QED) is 0.375. The molecule has 3 aromatic rings. The van der Waals surface area contributed by atoms with Crippen LogP contribution in [0.15, 0.2) is 48.7 Å². The van der Waals surface area contributed by atoms with Crippen molar-refractivity contribution in [2.24, 2.45) is 0 Å². The summed E-state index contributed by atoms with van der Waals surface area (Å²) in [6, 6.07) is 12.4. The third kappa shape index (κ3) is 6.73. The zero-order chi connectivity index (χ0) is 24.0. The third-order valence-electron chi connectivity index (χ3n) is 5.05. The summed E-state index contributed by atoms with van der Waals surface area (Å²) in [6.45, 7) is 5.90. The number of rotatable bonds is 10. The summed E-state index contributed by atoms with van der Waals surface area (Å²) >= 11 is 0. The van der Waals surface area contributed by atoms with Crippen LogP contribution in [-0.2, 0) is 22.6 Å². The van der Waals surface area contributed by atoms with Crippen LogP contribution in [0.25, 0.3) is 10.9 Å². The van der Waals surface area contributed by atoms with Gasteiger partial charge in [0.15, 0.2) is 18.1 Å². The maximum absolute atomic E-state index is 12.0. The monoisotopic (exact) mass is 453 g/mol. The molecule has 0 aliphatic rings. The van der Waals surface area contributed by atoms with Crippen LogP contribution in [0, 0.1) is 0 Å². The number of carbonyl (C=O) groups is 2. The molecule has 1 aromatic heterocycles. The minimum Gasteiger partial charge on any atom is -0.493 e. The van der Waals surface area contributed by atoms with Gasteiger partial charge in [0.2, 0.25) is 0 Å². The lowest BCUT2D eigenvalue weighted by Crippen LogP contribution is -2.43. The van der Waals surface area contributed by atoms with Crippen molar-refractivity contribution < 1.29 is 24.2 Å². The van der Waals surface area contributed by atoms with E-state index < -0.39 is 12.0 Å². The van der Waals surface area contributed by atoms with Crippen molar-refractivity contribution in [3.8, 4) is 11.5 Å². The summed E-state index contributed by atoms with van der Waals surface area (Å²) in [7, 11) is 1.52. The van der Waals surface area contributed by atoms with Crippen LogP contribution >= 0.6 is 0 Å². The molecule has 4 N–H and O–H groups in total. The summed E-state index contributed by atoms with van der Waals surface area (Å²) in [5.74, 6) is -0.228. The first kappa shape index (κ1) is 24.1. The van der Waals surface area contributed by atoms with E-state index in [0.717, 1.165) is 22.0 Å². The number of hydrogen-bond donors (Lipinski definition) is 4. The highest BCUT2D eigenvalue weighted by atomic mass is 16.5. The molecule has 176 valence electrons. The van der Waals surface area contributed by atoms with Crippen molar-refractivity contribution in [2.75, 3.05) is 13.7 Å². The largest absolute Gasteiger partial charge is 0.493 e. The first-order valence-corrected chi connectivity index (χ1v) is 10.8. The molecule has 33 heavy (non-hydrogen) atoms. The Balaban J connectivity index is 1.63. The Morgan fingerprint density at radius 2 is 1.88 bits per heavy atom. The van der Waals surface area contributed by atoms with Gasteiger partial charge in [-0.3, -0.25) is 9.59 Å². The number of carboxylic acid groups (broad SMARTS) is 1. The number of amides is 1. The van der Waals surface area contributed by atoms with E-state index in [1.54, 1.807) is 12.1 Å².